The maximum atomic E-state index is 12.6. The minimum atomic E-state index is -0.364. The molecule has 0 aliphatic rings. The first-order chi connectivity index (χ1) is 16.0. The standard InChI is InChI=1S/C24H23ClN4O2S2/c1-15-9-10-18(25)13-20(15)29-22(16(2)26-23(30)21-8-5-11-32-21)27-28-24(29)33-14-17-6-4-7-19(12-17)31-3/h4-13,16H,14H2,1-3H3,(H,26,30). The highest BCUT2D eigenvalue weighted by molar-refractivity contribution is 7.98. The molecule has 0 spiro atoms. The average Bonchev–Trinajstić information content (AvgIpc) is 3.50. The molecule has 1 atom stereocenters. The summed E-state index contributed by atoms with van der Waals surface area (Å²) in [7, 11) is 1.66. The molecule has 0 aliphatic carbocycles. The Balaban J connectivity index is 1.67. The fraction of sp³-hybridized carbons (Fsp3) is 0.208. The third-order valence-electron chi connectivity index (χ3n) is 5.05. The number of halogens is 1. The molecule has 2 aromatic carbocycles. The summed E-state index contributed by atoms with van der Waals surface area (Å²) in [6.07, 6.45) is 0. The molecule has 1 amide bonds. The van der Waals surface area contributed by atoms with E-state index in [9.17, 15) is 4.79 Å². The van der Waals surface area contributed by atoms with Crippen LogP contribution in [0.3, 0.4) is 0 Å². The molecule has 0 radical (unpaired) electrons. The summed E-state index contributed by atoms with van der Waals surface area (Å²) in [6, 6.07) is 16.9. The molecule has 9 heteroatoms. The summed E-state index contributed by atoms with van der Waals surface area (Å²) >= 11 is 9.30. The zero-order valence-corrected chi connectivity index (χ0v) is 20.8. The van der Waals surface area contributed by atoms with Crippen molar-refractivity contribution < 1.29 is 9.53 Å². The van der Waals surface area contributed by atoms with Crippen molar-refractivity contribution in [2.24, 2.45) is 0 Å². The number of aryl methyl sites for hydroxylation is 1. The largest absolute Gasteiger partial charge is 0.497 e. The molecule has 33 heavy (non-hydrogen) atoms. The summed E-state index contributed by atoms with van der Waals surface area (Å²) in [5, 5.41) is 15.2. The molecule has 0 saturated carbocycles. The Bertz CT molecular complexity index is 1260. The first-order valence-corrected chi connectivity index (χ1v) is 12.5. The Hall–Kier alpha value is -2.81. The van der Waals surface area contributed by atoms with Gasteiger partial charge in [-0.3, -0.25) is 9.36 Å². The van der Waals surface area contributed by atoms with Crippen LogP contribution in [0.2, 0.25) is 5.02 Å². The van der Waals surface area contributed by atoms with Crippen LogP contribution in [0.25, 0.3) is 5.69 Å². The smallest absolute Gasteiger partial charge is 0.261 e. The summed E-state index contributed by atoms with van der Waals surface area (Å²) in [5.41, 5.74) is 3.02. The van der Waals surface area contributed by atoms with Crippen molar-refractivity contribution in [1.29, 1.82) is 0 Å². The zero-order chi connectivity index (χ0) is 23.4. The summed E-state index contributed by atoms with van der Waals surface area (Å²) in [4.78, 5) is 13.3. The van der Waals surface area contributed by atoms with Crippen LogP contribution >= 0.6 is 34.7 Å². The first kappa shape index (κ1) is 23.4. The van der Waals surface area contributed by atoms with Crippen molar-refractivity contribution in [2.75, 3.05) is 7.11 Å². The van der Waals surface area contributed by atoms with Gasteiger partial charge in [0.05, 0.1) is 23.7 Å². The van der Waals surface area contributed by atoms with E-state index in [4.69, 9.17) is 16.3 Å². The number of thioether (sulfide) groups is 1. The fourth-order valence-electron chi connectivity index (χ4n) is 3.36. The minimum Gasteiger partial charge on any atom is -0.497 e. The van der Waals surface area contributed by atoms with E-state index in [1.165, 1.54) is 11.3 Å². The lowest BCUT2D eigenvalue weighted by molar-refractivity contribution is 0.0942. The number of nitrogens with zero attached hydrogens (tertiary/aromatic N) is 3. The molecule has 2 aromatic heterocycles. The number of aromatic nitrogens is 3. The number of amides is 1. The van der Waals surface area contributed by atoms with Crippen LogP contribution in [-0.2, 0) is 5.75 Å². The Morgan fingerprint density at radius 3 is 2.82 bits per heavy atom. The first-order valence-electron chi connectivity index (χ1n) is 10.3. The second-order valence-corrected chi connectivity index (χ2v) is 9.75. The Morgan fingerprint density at radius 2 is 2.06 bits per heavy atom. The molecular weight excluding hydrogens is 476 g/mol. The van der Waals surface area contributed by atoms with Gasteiger partial charge in [-0.25, -0.2) is 0 Å². The third kappa shape index (κ3) is 5.40. The monoisotopic (exact) mass is 498 g/mol. The van der Waals surface area contributed by atoms with Gasteiger partial charge in [0.25, 0.3) is 5.91 Å². The molecule has 1 unspecified atom stereocenters. The van der Waals surface area contributed by atoms with Gasteiger partial charge >= 0.3 is 0 Å². The van der Waals surface area contributed by atoms with Crippen molar-refractivity contribution in [1.82, 2.24) is 20.1 Å². The van der Waals surface area contributed by atoms with Crippen LogP contribution < -0.4 is 10.1 Å². The number of hydrogen-bond donors (Lipinski definition) is 1. The Morgan fingerprint density at radius 1 is 1.21 bits per heavy atom. The number of carbonyl (C=O) groups excluding carboxylic acids is 1. The SMILES string of the molecule is COc1cccc(CSc2nnc(C(C)NC(=O)c3cccs3)n2-c2cc(Cl)ccc2C)c1. The number of methoxy groups -OCH3 is 1. The molecule has 4 aromatic rings. The lowest BCUT2D eigenvalue weighted by Gasteiger charge is -2.17. The van der Waals surface area contributed by atoms with Crippen molar-refractivity contribution >= 4 is 40.6 Å². The predicted octanol–water partition coefficient (Wildman–Crippen LogP) is 6.08. The summed E-state index contributed by atoms with van der Waals surface area (Å²) < 4.78 is 7.31. The lowest BCUT2D eigenvalue weighted by Crippen LogP contribution is -2.28. The maximum absolute atomic E-state index is 12.6. The lowest BCUT2D eigenvalue weighted by atomic mass is 10.2. The predicted molar refractivity (Wildman–Crippen MR) is 134 cm³/mol. The number of ether oxygens (including phenoxy) is 1. The topological polar surface area (TPSA) is 69.0 Å². The summed E-state index contributed by atoms with van der Waals surface area (Å²) in [6.45, 7) is 3.92. The number of hydrogen-bond acceptors (Lipinski definition) is 6. The van der Waals surface area contributed by atoms with Gasteiger partial charge in [0.15, 0.2) is 11.0 Å². The van der Waals surface area contributed by atoms with E-state index < -0.39 is 0 Å². The van der Waals surface area contributed by atoms with E-state index in [0.717, 1.165) is 27.7 Å². The average molecular weight is 499 g/mol. The number of benzene rings is 2. The van der Waals surface area contributed by atoms with E-state index in [2.05, 4.69) is 15.5 Å². The maximum Gasteiger partial charge on any atom is 0.261 e. The van der Waals surface area contributed by atoms with E-state index in [0.29, 0.717) is 21.5 Å². The van der Waals surface area contributed by atoms with Gasteiger partial charge in [-0.1, -0.05) is 47.6 Å². The van der Waals surface area contributed by atoms with Crippen molar-refractivity contribution in [3.8, 4) is 11.4 Å². The van der Waals surface area contributed by atoms with Gasteiger partial charge in [0.1, 0.15) is 5.75 Å². The molecule has 0 fully saturated rings. The van der Waals surface area contributed by atoms with Gasteiger partial charge in [-0.15, -0.1) is 21.5 Å². The normalized spacial score (nSPS) is 11.9. The molecule has 2 heterocycles. The highest BCUT2D eigenvalue weighted by Gasteiger charge is 2.23. The van der Waals surface area contributed by atoms with E-state index >= 15 is 0 Å². The van der Waals surface area contributed by atoms with Gasteiger partial charge < -0.3 is 10.1 Å². The second kappa shape index (κ2) is 10.4. The molecule has 1 N–H and O–H groups in total. The van der Waals surface area contributed by atoms with Crippen LogP contribution in [0.15, 0.2) is 65.1 Å². The van der Waals surface area contributed by atoms with Crippen LogP contribution in [0.1, 0.15) is 39.6 Å². The van der Waals surface area contributed by atoms with Gasteiger partial charge in [0, 0.05) is 10.8 Å². The Labute approximate surface area is 206 Å². The number of nitrogens with one attached hydrogen (secondary N) is 1. The van der Waals surface area contributed by atoms with Crippen LogP contribution in [0.5, 0.6) is 5.75 Å². The molecule has 0 aliphatic heterocycles. The quantitative estimate of drug-likeness (QED) is 0.298. The number of carbonyl (C=O) groups is 1. The van der Waals surface area contributed by atoms with E-state index in [1.807, 2.05) is 72.3 Å². The molecular formula is C24H23ClN4O2S2. The van der Waals surface area contributed by atoms with E-state index in [1.54, 1.807) is 24.9 Å². The number of thiophene rings is 1. The van der Waals surface area contributed by atoms with Gasteiger partial charge in [-0.05, 0) is 60.7 Å². The third-order valence-corrected chi connectivity index (χ3v) is 7.16. The zero-order valence-electron chi connectivity index (χ0n) is 18.4. The summed E-state index contributed by atoms with van der Waals surface area (Å²) in [5.74, 6) is 2.00. The molecule has 170 valence electrons. The minimum absolute atomic E-state index is 0.138. The highest BCUT2D eigenvalue weighted by Crippen LogP contribution is 2.31. The van der Waals surface area contributed by atoms with Crippen molar-refractivity contribution in [2.45, 2.75) is 30.8 Å². The molecule has 0 saturated heterocycles. The van der Waals surface area contributed by atoms with Gasteiger partial charge in [0.2, 0.25) is 0 Å². The van der Waals surface area contributed by atoms with Gasteiger partial charge in [-0.2, -0.15) is 0 Å². The fourth-order valence-corrected chi connectivity index (χ4v) is 5.04. The van der Waals surface area contributed by atoms with Crippen LogP contribution in [-0.4, -0.2) is 27.8 Å². The van der Waals surface area contributed by atoms with Crippen LogP contribution in [0, 0.1) is 6.92 Å². The molecule has 6 nitrogen and oxygen atoms in total. The molecule has 0 bridgehead atoms. The van der Waals surface area contributed by atoms with Crippen molar-refractivity contribution in [3.05, 3.63) is 86.8 Å². The number of rotatable bonds is 8. The molecule has 4 rings (SSSR count). The van der Waals surface area contributed by atoms with E-state index in [-0.39, 0.29) is 11.9 Å². The second-order valence-electron chi connectivity index (χ2n) is 7.42. The highest BCUT2D eigenvalue weighted by atomic mass is 35.5. The Kier molecular flexibility index (Phi) is 7.37. The van der Waals surface area contributed by atoms with Crippen LogP contribution in [0.4, 0.5) is 0 Å². The van der Waals surface area contributed by atoms with Crippen molar-refractivity contribution in [3.63, 3.8) is 0 Å².